The molecule has 0 spiro atoms. The highest BCUT2D eigenvalue weighted by molar-refractivity contribution is 5.85. The van der Waals surface area contributed by atoms with Gasteiger partial charge in [-0.05, 0) is 49.9 Å². The van der Waals surface area contributed by atoms with E-state index in [0.717, 1.165) is 31.9 Å². The van der Waals surface area contributed by atoms with Crippen molar-refractivity contribution in [2.24, 2.45) is 0 Å². The summed E-state index contributed by atoms with van der Waals surface area (Å²) < 4.78 is 5.85. The van der Waals surface area contributed by atoms with E-state index < -0.39 is 0 Å². The molecule has 0 saturated carbocycles. The van der Waals surface area contributed by atoms with E-state index in [9.17, 15) is 0 Å². The number of rotatable bonds is 6. The molecule has 1 aromatic rings. The van der Waals surface area contributed by atoms with Gasteiger partial charge in [-0.25, -0.2) is 0 Å². The van der Waals surface area contributed by atoms with Crippen LogP contribution in [0.1, 0.15) is 38.2 Å². The molecule has 0 bridgehead atoms. The van der Waals surface area contributed by atoms with Crippen LogP contribution in [0.15, 0.2) is 24.3 Å². The highest BCUT2D eigenvalue weighted by Gasteiger charge is 2.17. The van der Waals surface area contributed by atoms with Crippen LogP contribution in [-0.2, 0) is 11.3 Å². The molecule has 1 atom stereocenters. The lowest BCUT2D eigenvalue weighted by atomic mass is 10.1. The van der Waals surface area contributed by atoms with Crippen molar-refractivity contribution in [1.29, 1.82) is 0 Å². The fraction of sp³-hybridized carbons (Fsp3) is 0.625. The van der Waals surface area contributed by atoms with Gasteiger partial charge in [-0.3, -0.25) is 4.90 Å². The third kappa shape index (κ3) is 5.70. The van der Waals surface area contributed by atoms with E-state index in [-0.39, 0.29) is 12.4 Å². The zero-order valence-corrected chi connectivity index (χ0v) is 13.2. The summed E-state index contributed by atoms with van der Waals surface area (Å²) in [6.07, 6.45) is 5.33. The molecule has 0 amide bonds. The van der Waals surface area contributed by atoms with Crippen LogP contribution in [0, 0.1) is 0 Å². The van der Waals surface area contributed by atoms with Gasteiger partial charge in [0.05, 0.1) is 6.10 Å². The molecule has 1 aliphatic rings. The molecule has 1 fully saturated rings. The van der Waals surface area contributed by atoms with E-state index in [1.807, 2.05) is 12.1 Å². The van der Waals surface area contributed by atoms with Crippen LogP contribution in [-0.4, -0.2) is 30.7 Å². The summed E-state index contributed by atoms with van der Waals surface area (Å²) in [6.45, 7) is 6.30. The van der Waals surface area contributed by atoms with Crippen LogP contribution in [0.5, 0.6) is 0 Å². The van der Waals surface area contributed by atoms with Crippen molar-refractivity contribution in [3.05, 3.63) is 29.8 Å². The molecule has 1 heterocycles. The molecule has 1 aromatic carbocycles. The van der Waals surface area contributed by atoms with Gasteiger partial charge in [0.1, 0.15) is 0 Å². The number of benzene rings is 1. The minimum atomic E-state index is 0. The molecule has 1 aliphatic heterocycles. The summed E-state index contributed by atoms with van der Waals surface area (Å²) in [7, 11) is 0. The van der Waals surface area contributed by atoms with Gasteiger partial charge < -0.3 is 10.5 Å². The molecular weight excluding hydrogens is 272 g/mol. The average molecular weight is 299 g/mol. The number of nitrogens with two attached hydrogens (primary N) is 1. The number of nitrogens with zero attached hydrogens (tertiary/aromatic N) is 1. The first-order valence-electron chi connectivity index (χ1n) is 7.46. The minimum Gasteiger partial charge on any atom is -0.399 e. The molecule has 1 saturated heterocycles. The Labute approximate surface area is 128 Å². The van der Waals surface area contributed by atoms with E-state index in [1.165, 1.54) is 31.2 Å². The zero-order chi connectivity index (χ0) is 13.5. The van der Waals surface area contributed by atoms with Gasteiger partial charge in [-0.1, -0.05) is 19.1 Å². The third-order valence-electron chi connectivity index (χ3n) is 3.63. The quantitative estimate of drug-likeness (QED) is 0.817. The molecule has 0 aromatic heterocycles. The number of ether oxygens (including phenoxy) is 1. The molecule has 2 N–H and O–H groups in total. The normalized spacial score (nSPS) is 18.8. The molecule has 2 rings (SSSR count). The summed E-state index contributed by atoms with van der Waals surface area (Å²) in [4.78, 5) is 2.49. The van der Waals surface area contributed by atoms with E-state index in [1.54, 1.807) is 0 Å². The Kier molecular flexibility index (Phi) is 7.97. The maximum Gasteiger partial charge on any atom is 0.0702 e. The lowest BCUT2D eigenvalue weighted by Crippen LogP contribution is -2.36. The highest BCUT2D eigenvalue weighted by atomic mass is 35.5. The van der Waals surface area contributed by atoms with Crippen LogP contribution in [0.2, 0.25) is 0 Å². The van der Waals surface area contributed by atoms with Crippen molar-refractivity contribution in [2.45, 2.75) is 45.3 Å². The van der Waals surface area contributed by atoms with Crippen LogP contribution in [0.4, 0.5) is 5.69 Å². The first-order chi connectivity index (χ1) is 9.28. The average Bonchev–Trinajstić information content (AvgIpc) is 2.40. The Balaban J connectivity index is 0.00000200. The Hall–Kier alpha value is -0.770. The first kappa shape index (κ1) is 17.3. The number of hydrogen-bond donors (Lipinski definition) is 1. The number of nitrogen functional groups attached to an aromatic ring is 1. The van der Waals surface area contributed by atoms with Gasteiger partial charge in [-0.2, -0.15) is 0 Å². The van der Waals surface area contributed by atoms with Gasteiger partial charge >= 0.3 is 0 Å². The molecule has 3 nitrogen and oxygen atoms in total. The number of anilines is 1. The van der Waals surface area contributed by atoms with Crippen LogP contribution in [0.3, 0.4) is 0 Å². The van der Waals surface area contributed by atoms with E-state index in [2.05, 4.69) is 24.0 Å². The van der Waals surface area contributed by atoms with E-state index in [4.69, 9.17) is 10.5 Å². The maximum atomic E-state index is 5.85. The monoisotopic (exact) mass is 298 g/mol. The molecule has 20 heavy (non-hydrogen) atoms. The third-order valence-corrected chi connectivity index (χ3v) is 3.63. The highest BCUT2D eigenvalue weighted by Crippen LogP contribution is 2.16. The Morgan fingerprint density at radius 2 is 2.20 bits per heavy atom. The predicted octanol–water partition coefficient (Wildman–Crippen LogP) is 3.47. The van der Waals surface area contributed by atoms with Crippen LogP contribution < -0.4 is 5.73 Å². The van der Waals surface area contributed by atoms with Gasteiger partial charge in [0.15, 0.2) is 0 Å². The maximum absolute atomic E-state index is 5.85. The van der Waals surface area contributed by atoms with Gasteiger partial charge in [-0.15, -0.1) is 12.4 Å². The second-order valence-electron chi connectivity index (χ2n) is 5.47. The standard InChI is InChI=1S/C16H26N2O.ClH/c1-2-9-18(13-16-8-3-4-10-19-16)12-14-6-5-7-15(17)11-14;/h5-7,11,16H,2-4,8-10,12-13,17H2,1H3;1H. The molecular formula is C16H27ClN2O. The van der Waals surface area contributed by atoms with E-state index >= 15 is 0 Å². The van der Waals surface area contributed by atoms with Gasteiger partial charge in [0, 0.05) is 25.4 Å². The Morgan fingerprint density at radius 1 is 1.35 bits per heavy atom. The first-order valence-corrected chi connectivity index (χ1v) is 7.46. The van der Waals surface area contributed by atoms with Crippen molar-refractivity contribution in [1.82, 2.24) is 4.90 Å². The second kappa shape index (κ2) is 9.22. The molecule has 0 radical (unpaired) electrons. The zero-order valence-electron chi connectivity index (χ0n) is 12.4. The number of hydrogen-bond acceptors (Lipinski definition) is 3. The molecule has 0 aliphatic carbocycles. The van der Waals surface area contributed by atoms with Crippen molar-refractivity contribution in [3.63, 3.8) is 0 Å². The fourth-order valence-corrected chi connectivity index (χ4v) is 2.74. The van der Waals surface area contributed by atoms with Gasteiger partial charge in [0.25, 0.3) is 0 Å². The van der Waals surface area contributed by atoms with Crippen molar-refractivity contribution >= 4 is 18.1 Å². The number of halogens is 1. The topological polar surface area (TPSA) is 38.5 Å². The van der Waals surface area contributed by atoms with Crippen LogP contribution >= 0.6 is 12.4 Å². The van der Waals surface area contributed by atoms with Crippen molar-refractivity contribution in [3.8, 4) is 0 Å². The molecule has 4 heteroatoms. The van der Waals surface area contributed by atoms with Gasteiger partial charge in [0.2, 0.25) is 0 Å². The summed E-state index contributed by atoms with van der Waals surface area (Å²) in [5.41, 5.74) is 7.99. The largest absolute Gasteiger partial charge is 0.399 e. The molecule has 1 unspecified atom stereocenters. The lowest BCUT2D eigenvalue weighted by Gasteiger charge is -2.29. The minimum absolute atomic E-state index is 0. The summed E-state index contributed by atoms with van der Waals surface area (Å²) in [5.74, 6) is 0. The second-order valence-corrected chi connectivity index (χ2v) is 5.47. The summed E-state index contributed by atoms with van der Waals surface area (Å²) in [5, 5.41) is 0. The van der Waals surface area contributed by atoms with E-state index in [0.29, 0.717) is 6.10 Å². The smallest absolute Gasteiger partial charge is 0.0702 e. The van der Waals surface area contributed by atoms with Crippen molar-refractivity contribution in [2.75, 3.05) is 25.4 Å². The fourth-order valence-electron chi connectivity index (χ4n) is 2.74. The lowest BCUT2D eigenvalue weighted by molar-refractivity contribution is -0.00713. The summed E-state index contributed by atoms with van der Waals surface area (Å²) in [6, 6.07) is 8.20. The SMILES string of the molecule is CCCN(Cc1cccc(N)c1)CC1CCCCO1.Cl. The molecule has 114 valence electrons. The Morgan fingerprint density at radius 3 is 2.85 bits per heavy atom. The predicted molar refractivity (Wildman–Crippen MR) is 87.3 cm³/mol. The Bertz CT molecular complexity index is 380. The van der Waals surface area contributed by atoms with Crippen molar-refractivity contribution < 1.29 is 4.74 Å². The summed E-state index contributed by atoms with van der Waals surface area (Å²) >= 11 is 0. The van der Waals surface area contributed by atoms with Crippen LogP contribution in [0.25, 0.3) is 0 Å².